The van der Waals surface area contributed by atoms with Gasteiger partial charge in [-0.2, -0.15) is 5.26 Å². The van der Waals surface area contributed by atoms with E-state index in [0.29, 0.717) is 27.3 Å². The summed E-state index contributed by atoms with van der Waals surface area (Å²) >= 11 is 1.46. The number of anilines is 1. The number of nitriles is 1. The van der Waals surface area contributed by atoms with Crippen molar-refractivity contribution >= 4 is 33.0 Å². The zero-order chi connectivity index (χ0) is 19.0. The Morgan fingerprint density at radius 3 is 3.00 bits per heavy atom. The molecule has 1 aliphatic rings. The third kappa shape index (κ3) is 3.15. The maximum absolute atomic E-state index is 12.7. The molecular weight excluding hydrogens is 360 g/mol. The highest BCUT2D eigenvalue weighted by molar-refractivity contribution is 7.16. The monoisotopic (exact) mass is 378 g/mol. The smallest absolute Gasteiger partial charge is 0.344 e. The first kappa shape index (κ1) is 17.5. The van der Waals surface area contributed by atoms with Gasteiger partial charge in [0.05, 0.1) is 10.9 Å². The van der Waals surface area contributed by atoms with Crippen LogP contribution in [0.3, 0.4) is 0 Å². The predicted molar refractivity (Wildman–Crippen MR) is 105 cm³/mol. The normalized spacial score (nSPS) is 15.9. The number of nitrogens with zero attached hydrogens (tertiary/aromatic N) is 1. The molecule has 0 radical (unpaired) electrons. The molecule has 0 unspecified atom stereocenters. The second kappa shape index (κ2) is 7.01. The van der Waals surface area contributed by atoms with E-state index < -0.39 is 11.5 Å². The van der Waals surface area contributed by atoms with Crippen LogP contribution >= 0.6 is 11.3 Å². The van der Waals surface area contributed by atoms with E-state index in [1.165, 1.54) is 16.2 Å². The van der Waals surface area contributed by atoms with Crippen molar-refractivity contribution in [2.45, 2.75) is 32.6 Å². The van der Waals surface area contributed by atoms with E-state index >= 15 is 0 Å². The second-order valence-electron chi connectivity index (χ2n) is 6.78. The van der Waals surface area contributed by atoms with Crippen LogP contribution in [0.1, 0.15) is 46.3 Å². The number of rotatable bonds is 3. The molecule has 5 nitrogen and oxygen atoms in total. The average Bonchev–Trinajstić information content (AvgIpc) is 3.03. The summed E-state index contributed by atoms with van der Waals surface area (Å²) in [6, 6.07) is 10.8. The lowest BCUT2D eigenvalue weighted by molar-refractivity contribution is 0.0993. The number of fused-ring (bicyclic) bond motifs is 2. The van der Waals surface area contributed by atoms with Crippen LogP contribution in [0.2, 0.25) is 0 Å². The van der Waals surface area contributed by atoms with Crippen molar-refractivity contribution in [2.24, 2.45) is 5.92 Å². The van der Waals surface area contributed by atoms with Crippen molar-refractivity contribution in [3.8, 4) is 6.07 Å². The Morgan fingerprint density at radius 1 is 1.41 bits per heavy atom. The van der Waals surface area contributed by atoms with E-state index in [9.17, 15) is 14.9 Å². The van der Waals surface area contributed by atoms with Gasteiger partial charge in [-0.25, -0.2) is 4.79 Å². The number of carbonyl (C=O) groups excluding carboxylic acids is 1. The van der Waals surface area contributed by atoms with Gasteiger partial charge in [-0.05, 0) is 48.3 Å². The van der Waals surface area contributed by atoms with Gasteiger partial charge in [-0.3, -0.25) is 4.79 Å². The van der Waals surface area contributed by atoms with E-state index in [-0.39, 0.29) is 5.76 Å². The molecule has 4 rings (SSSR count). The highest BCUT2D eigenvalue weighted by atomic mass is 32.1. The standard InChI is InChI=1S/C21H18N2O3S/c1-2-12-7-8-15-16(11-22)20(27-18(15)9-12)23-19(24)17-10-13-5-3-4-6-14(13)21(25)26-17/h3-6,10,12H,2,7-9H2,1H3,(H,23,24)/t12-/m0/s1. The molecule has 1 aromatic carbocycles. The van der Waals surface area contributed by atoms with Crippen molar-refractivity contribution in [1.82, 2.24) is 0 Å². The molecule has 0 aliphatic heterocycles. The SMILES string of the molecule is CC[C@H]1CCc2c(sc(NC(=O)c3cc4ccccc4c(=O)o3)c2C#N)C1. The van der Waals surface area contributed by atoms with Gasteiger partial charge in [0.25, 0.3) is 5.91 Å². The van der Waals surface area contributed by atoms with Crippen molar-refractivity contribution in [1.29, 1.82) is 5.26 Å². The minimum atomic E-state index is -0.546. The number of carbonyl (C=O) groups is 1. The van der Waals surface area contributed by atoms with Crippen LogP contribution in [-0.4, -0.2) is 5.91 Å². The molecule has 6 heteroatoms. The van der Waals surface area contributed by atoms with Gasteiger partial charge in [0.15, 0.2) is 5.76 Å². The average molecular weight is 378 g/mol. The van der Waals surface area contributed by atoms with E-state index in [1.807, 2.05) is 0 Å². The number of nitrogens with one attached hydrogen (secondary N) is 1. The van der Waals surface area contributed by atoms with Crippen LogP contribution < -0.4 is 10.9 Å². The van der Waals surface area contributed by atoms with Crippen molar-refractivity contribution in [2.75, 3.05) is 5.32 Å². The zero-order valence-corrected chi connectivity index (χ0v) is 15.7. The van der Waals surface area contributed by atoms with E-state index in [0.717, 1.165) is 31.2 Å². The first-order valence-electron chi connectivity index (χ1n) is 8.99. The highest BCUT2D eigenvalue weighted by Gasteiger charge is 2.26. The largest absolute Gasteiger partial charge is 0.417 e. The van der Waals surface area contributed by atoms with Crippen molar-refractivity contribution in [3.63, 3.8) is 0 Å². The Balaban J connectivity index is 1.67. The quantitative estimate of drug-likeness (QED) is 0.728. The first-order chi connectivity index (χ1) is 13.1. The number of hydrogen-bond donors (Lipinski definition) is 1. The number of hydrogen-bond acceptors (Lipinski definition) is 5. The molecule has 2 aromatic heterocycles. The summed E-state index contributed by atoms with van der Waals surface area (Å²) in [5.74, 6) is 0.0603. The molecule has 27 heavy (non-hydrogen) atoms. The fourth-order valence-electron chi connectivity index (χ4n) is 3.62. The van der Waals surface area contributed by atoms with Gasteiger partial charge < -0.3 is 9.73 Å². The first-order valence-corrected chi connectivity index (χ1v) is 9.81. The number of amides is 1. The Hall–Kier alpha value is -2.91. The lowest BCUT2D eigenvalue weighted by Gasteiger charge is -2.20. The van der Waals surface area contributed by atoms with Crippen LogP contribution in [0.4, 0.5) is 5.00 Å². The minimum absolute atomic E-state index is 0.0552. The predicted octanol–water partition coefficient (Wildman–Crippen LogP) is 4.49. The Labute approximate surface area is 160 Å². The molecule has 1 amide bonds. The van der Waals surface area contributed by atoms with E-state index in [1.54, 1.807) is 30.3 Å². The summed E-state index contributed by atoms with van der Waals surface area (Å²) in [6.07, 6.45) is 4.01. The third-order valence-electron chi connectivity index (χ3n) is 5.18. The van der Waals surface area contributed by atoms with Gasteiger partial charge >= 0.3 is 5.63 Å². The second-order valence-corrected chi connectivity index (χ2v) is 7.88. The summed E-state index contributed by atoms with van der Waals surface area (Å²) in [4.78, 5) is 26.0. The van der Waals surface area contributed by atoms with Gasteiger partial charge in [-0.15, -0.1) is 11.3 Å². The lowest BCUT2D eigenvalue weighted by Crippen LogP contribution is -2.15. The molecule has 0 saturated carbocycles. The van der Waals surface area contributed by atoms with Gasteiger partial charge in [0.1, 0.15) is 11.1 Å². The maximum atomic E-state index is 12.7. The summed E-state index contributed by atoms with van der Waals surface area (Å²) < 4.78 is 5.19. The van der Waals surface area contributed by atoms with Gasteiger partial charge in [0, 0.05) is 4.88 Å². The Bertz CT molecular complexity index is 1140. The fourth-order valence-corrected chi connectivity index (χ4v) is 4.93. The van der Waals surface area contributed by atoms with Crippen LogP contribution in [0.15, 0.2) is 39.5 Å². The fraction of sp³-hybridized carbons (Fsp3) is 0.286. The molecule has 2 heterocycles. The minimum Gasteiger partial charge on any atom is -0.417 e. The summed E-state index contributed by atoms with van der Waals surface area (Å²) in [5, 5.41) is 14.0. The molecule has 0 bridgehead atoms. The van der Waals surface area contributed by atoms with Gasteiger partial charge in [0.2, 0.25) is 0 Å². The summed E-state index contributed by atoms with van der Waals surface area (Å²) in [7, 11) is 0. The molecule has 0 saturated heterocycles. The third-order valence-corrected chi connectivity index (χ3v) is 6.35. The van der Waals surface area contributed by atoms with Crippen LogP contribution in [0.25, 0.3) is 10.8 Å². The molecule has 136 valence electrons. The molecule has 1 N–H and O–H groups in total. The number of benzene rings is 1. The van der Waals surface area contributed by atoms with Crippen LogP contribution in [-0.2, 0) is 12.8 Å². The van der Waals surface area contributed by atoms with Crippen LogP contribution in [0.5, 0.6) is 0 Å². The molecule has 0 spiro atoms. The zero-order valence-electron chi connectivity index (χ0n) is 14.9. The van der Waals surface area contributed by atoms with E-state index in [4.69, 9.17) is 4.42 Å². The summed E-state index contributed by atoms with van der Waals surface area (Å²) in [5.41, 5.74) is 1.05. The molecule has 3 aromatic rings. The van der Waals surface area contributed by atoms with Gasteiger partial charge in [-0.1, -0.05) is 31.5 Å². The number of thiophene rings is 1. The lowest BCUT2D eigenvalue weighted by atomic mass is 9.86. The van der Waals surface area contributed by atoms with E-state index in [2.05, 4.69) is 18.3 Å². The van der Waals surface area contributed by atoms with Crippen LogP contribution in [0, 0.1) is 17.2 Å². The molecule has 1 aliphatic carbocycles. The maximum Gasteiger partial charge on any atom is 0.344 e. The van der Waals surface area contributed by atoms with Crippen molar-refractivity contribution < 1.29 is 9.21 Å². The Kier molecular flexibility index (Phi) is 4.54. The summed E-state index contributed by atoms with van der Waals surface area (Å²) in [6.45, 7) is 2.18. The van der Waals surface area contributed by atoms with Crippen molar-refractivity contribution in [3.05, 3.63) is 62.5 Å². The topological polar surface area (TPSA) is 83.1 Å². The molecule has 0 fully saturated rings. The molecular formula is C21H18N2O3S. The molecule has 1 atom stereocenters. The highest BCUT2D eigenvalue weighted by Crippen LogP contribution is 2.40. The Morgan fingerprint density at radius 2 is 2.22 bits per heavy atom.